The van der Waals surface area contributed by atoms with Crippen LogP contribution in [0.3, 0.4) is 0 Å². The number of likely N-dealkylation sites (tertiary alicyclic amines) is 1. The number of methoxy groups -OCH3 is 1. The molecule has 3 heterocycles. The molecule has 1 N–H and O–H groups in total. The number of rotatable bonds is 7. The highest BCUT2D eigenvalue weighted by Gasteiger charge is 2.32. The van der Waals surface area contributed by atoms with Crippen LogP contribution in [-0.2, 0) is 20.7 Å². The van der Waals surface area contributed by atoms with Crippen molar-refractivity contribution in [3.05, 3.63) is 83.6 Å². The normalized spacial score (nSPS) is 18.5. The van der Waals surface area contributed by atoms with E-state index in [4.69, 9.17) is 9.47 Å². The Labute approximate surface area is 209 Å². The van der Waals surface area contributed by atoms with Crippen LogP contribution in [0.25, 0.3) is 11.3 Å². The van der Waals surface area contributed by atoms with E-state index in [9.17, 15) is 14.4 Å². The molecule has 8 heteroatoms. The van der Waals surface area contributed by atoms with E-state index in [1.165, 1.54) is 13.3 Å². The van der Waals surface area contributed by atoms with E-state index in [1.54, 1.807) is 17.0 Å². The monoisotopic (exact) mass is 485 g/mol. The minimum absolute atomic E-state index is 0.00103. The van der Waals surface area contributed by atoms with E-state index in [0.29, 0.717) is 37.2 Å². The van der Waals surface area contributed by atoms with Gasteiger partial charge in [-0.15, -0.1) is 0 Å². The van der Waals surface area contributed by atoms with E-state index >= 15 is 0 Å². The molecule has 0 spiro atoms. The lowest BCUT2D eigenvalue weighted by Crippen LogP contribution is -2.41. The number of esters is 1. The van der Waals surface area contributed by atoms with Crippen molar-refractivity contribution in [2.75, 3.05) is 26.7 Å². The van der Waals surface area contributed by atoms with Gasteiger partial charge in [-0.3, -0.25) is 14.6 Å². The van der Waals surface area contributed by atoms with Gasteiger partial charge in [0.25, 0.3) is 0 Å². The predicted octanol–water partition coefficient (Wildman–Crippen LogP) is 2.97. The molecule has 184 valence electrons. The van der Waals surface area contributed by atoms with Crippen molar-refractivity contribution in [1.82, 2.24) is 15.2 Å². The second kappa shape index (κ2) is 10.2. The van der Waals surface area contributed by atoms with Crippen LogP contribution in [-0.4, -0.2) is 60.5 Å². The van der Waals surface area contributed by atoms with Crippen molar-refractivity contribution >= 4 is 17.8 Å². The highest BCUT2D eigenvalue weighted by molar-refractivity contribution is 5.89. The molecule has 1 fully saturated rings. The molecule has 0 bridgehead atoms. The van der Waals surface area contributed by atoms with Crippen LogP contribution in [0.2, 0.25) is 0 Å². The average molecular weight is 486 g/mol. The first kappa shape index (κ1) is 23.5. The molecule has 2 aliphatic rings. The minimum atomic E-state index is -0.439. The zero-order chi connectivity index (χ0) is 25.1. The van der Waals surface area contributed by atoms with Gasteiger partial charge in [-0.25, -0.2) is 4.79 Å². The number of hydrogen-bond acceptors (Lipinski definition) is 6. The maximum Gasteiger partial charge on any atom is 0.339 e. The molecule has 8 nitrogen and oxygen atoms in total. The minimum Gasteiger partial charge on any atom is -0.487 e. The quantitative estimate of drug-likeness (QED) is 0.517. The predicted molar refractivity (Wildman–Crippen MR) is 133 cm³/mol. The van der Waals surface area contributed by atoms with Crippen LogP contribution in [0.1, 0.15) is 33.8 Å². The van der Waals surface area contributed by atoms with Crippen molar-refractivity contribution in [2.45, 2.75) is 24.9 Å². The molecule has 2 atom stereocenters. The smallest absolute Gasteiger partial charge is 0.339 e. The number of para-hydroxylation sites is 1. The molecule has 2 aromatic carbocycles. The summed E-state index contributed by atoms with van der Waals surface area (Å²) < 4.78 is 10.9. The maximum atomic E-state index is 12.6. The lowest BCUT2D eigenvalue weighted by atomic mass is 9.99. The summed E-state index contributed by atoms with van der Waals surface area (Å²) >= 11 is 0. The Bertz CT molecular complexity index is 1280. The SMILES string of the molecule is COC(=O)c1ccc(-c2cccc3c2OC(CNC(=O)CN2CC(c4ccccc4)CC2=O)C3)nc1. The second-order valence-electron chi connectivity index (χ2n) is 9.05. The second-order valence-corrected chi connectivity index (χ2v) is 9.05. The van der Waals surface area contributed by atoms with E-state index in [2.05, 4.69) is 10.3 Å². The molecular formula is C28H27N3O5. The van der Waals surface area contributed by atoms with Crippen molar-refractivity contribution in [3.8, 4) is 17.0 Å². The molecule has 2 amide bonds. The molecular weight excluding hydrogens is 458 g/mol. The number of benzene rings is 2. The number of carbonyl (C=O) groups excluding carboxylic acids is 3. The third-order valence-electron chi connectivity index (χ3n) is 6.64. The molecule has 0 saturated carbocycles. The van der Waals surface area contributed by atoms with Gasteiger partial charge in [0, 0.05) is 37.1 Å². The van der Waals surface area contributed by atoms with Crippen molar-refractivity contribution in [1.29, 1.82) is 0 Å². The van der Waals surface area contributed by atoms with E-state index in [-0.39, 0.29) is 30.4 Å². The van der Waals surface area contributed by atoms with Gasteiger partial charge in [0.15, 0.2) is 0 Å². The fourth-order valence-electron chi connectivity index (χ4n) is 4.78. The number of hydrogen-bond donors (Lipinski definition) is 1. The summed E-state index contributed by atoms with van der Waals surface area (Å²) in [4.78, 5) is 42.8. The van der Waals surface area contributed by atoms with Crippen LogP contribution >= 0.6 is 0 Å². The number of aromatic nitrogens is 1. The van der Waals surface area contributed by atoms with Gasteiger partial charge >= 0.3 is 5.97 Å². The third kappa shape index (κ3) is 4.93. The Balaban J connectivity index is 1.16. The lowest BCUT2D eigenvalue weighted by molar-refractivity contribution is -0.133. The lowest BCUT2D eigenvalue weighted by Gasteiger charge is -2.18. The van der Waals surface area contributed by atoms with Crippen LogP contribution in [0.15, 0.2) is 66.9 Å². The van der Waals surface area contributed by atoms with E-state index in [1.807, 2.05) is 48.5 Å². The summed E-state index contributed by atoms with van der Waals surface area (Å²) in [5.74, 6) is 0.213. The first-order valence-electron chi connectivity index (χ1n) is 11.9. The summed E-state index contributed by atoms with van der Waals surface area (Å²) in [5.41, 5.74) is 4.04. The van der Waals surface area contributed by atoms with Crippen LogP contribution in [0.4, 0.5) is 0 Å². The molecule has 2 aliphatic heterocycles. The molecule has 5 rings (SSSR count). The summed E-state index contributed by atoms with van der Waals surface area (Å²) in [6.07, 6.45) is 2.35. The summed E-state index contributed by atoms with van der Waals surface area (Å²) in [6, 6.07) is 19.2. The summed E-state index contributed by atoms with van der Waals surface area (Å²) in [6.45, 7) is 0.933. The molecule has 0 radical (unpaired) electrons. The number of nitrogens with zero attached hydrogens (tertiary/aromatic N) is 2. The fourth-order valence-corrected chi connectivity index (χ4v) is 4.78. The fraction of sp³-hybridized carbons (Fsp3) is 0.286. The highest BCUT2D eigenvalue weighted by atomic mass is 16.5. The maximum absolute atomic E-state index is 12.6. The van der Waals surface area contributed by atoms with Crippen LogP contribution in [0.5, 0.6) is 5.75 Å². The Hall–Kier alpha value is -4.20. The summed E-state index contributed by atoms with van der Waals surface area (Å²) in [7, 11) is 1.33. The van der Waals surface area contributed by atoms with Gasteiger partial charge in [0.2, 0.25) is 11.8 Å². The zero-order valence-corrected chi connectivity index (χ0v) is 20.0. The number of carbonyl (C=O) groups is 3. The van der Waals surface area contributed by atoms with E-state index < -0.39 is 5.97 Å². The average Bonchev–Trinajstić information content (AvgIpc) is 3.50. The van der Waals surface area contributed by atoms with Crippen LogP contribution in [0, 0.1) is 0 Å². The van der Waals surface area contributed by atoms with Crippen molar-refractivity contribution in [2.24, 2.45) is 0 Å². The molecule has 0 aliphatic carbocycles. The van der Waals surface area contributed by atoms with Gasteiger partial charge in [-0.05, 0) is 29.3 Å². The number of ether oxygens (including phenoxy) is 2. The van der Waals surface area contributed by atoms with Crippen molar-refractivity contribution < 1.29 is 23.9 Å². The van der Waals surface area contributed by atoms with Gasteiger partial charge in [0.05, 0.1) is 31.5 Å². The first-order valence-corrected chi connectivity index (χ1v) is 11.9. The number of pyridine rings is 1. The number of nitrogens with one attached hydrogen (secondary N) is 1. The van der Waals surface area contributed by atoms with Crippen LogP contribution < -0.4 is 10.1 Å². The number of amides is 2. The standard InChI is InChI=1S/C28H27N3O5/c1-35-28(34)20-10-11-24(29-14-20)23-9-5-8-19-12-22(36-27(19)23)15-30-25(32)17-31-16-21(13-26(31)33)18-6-3-2-4-7-18/h2-11,14,21-22H,12-13,15-17H2,1H3,(H,30,32). The molecule has 36 heavy (non-hydrogen) atoms. The van der Waals surface area contributed by atoms with Gasteiger partial charge in [-0.1, -0.05) is 42.5 Å². The zero-order valence-electron chi connectivity index (χ0n) is 20.0. The molecule has 1 saturated heterocycles. The molecule has 2 unspecified atom stereocenters. The Morgan fingerprint density at radius 2 is 1.92 bits per heavy atom. The summed E-state index contributed by atoms with van der Waals surface area (Å²) in [5, 5.41) is 2.92. The van der Waals surface area contributed by atoms with Gasteiger partial charge < -0.3 is 19.7 Å². The first-order chi connectivity index (χ1) is 17.5. The third-order valence-corrected chi connectivity index (χ3v) is 6.64. The Morgan fingerprint density at radius 1 is 1.08 bits per heavy atom. The Morgan fingerprint density at radius 3 is 2.67 bits per heavy atom. The van der Waals surface area contributed by atoms with Crippen molar-refractivity contribution in [3.63, 3.8) is 0 Å². The van der Waals surface area contributed by atoms with E-state index in [0.717, 1.165) is 22.4 Å². The molecule has 3 aromatic rings. The topological polar surface area (TPSA) is 97.8 Å². The van der Waals surface area contributed by atoms with Gasteiger partial charge in [0.1, 0.15) is 11.9 Å². The largest absolute Gasteiger partial charge is 0.487 e. The van der Waals surface area contributed by atoms with Gasteiger partial charge in [-0.2, -0.15) is 0 Å². The Kier molecular flexibility index (Phi) is 6.66. The highest BCUT2D eigenvalue weighted by Crippen LogP contribution is 2.38. The molecule has 1 aromatic heterocycles. The number of fused-ring (bicyclic) bond motifs is 1.